The average Bonchev–Trinajstić information content (AvgIpc) is 2.61. The highest BCUT2D eigenvalue weighted by Crippen LogP contribution is 2.18. The molecule has 0 radical (unpaired) electrons. The summed E-state index contributed by atoms with van der Waals surface area (Å²) in [5, 5.41) is 14.3. The van der Waals surface area contributed by atoms with Gasteiger partial charge < -0.3 is 15.2 Å². The van der Waals surface area contributed by atoms with Gasteiger partial charge >= 0.3 is 0 Å². The van der Waals surface area contributed by atoms with Gasteiger partial charge in [-0.25, -0.2) is 4.98 Å². The van der Waals surface area contributed by atoms with Crippen molar-refractivity contribution in [2.75, 3.05) is 0 Å². The molecule has 0 bridgehead atoms. The lowest BCUT2D eigenvalue weighted by molar-refractivity contribution is -0.309. The van der Waals surface area contributed by atoms with Crippen molar-refractivity contribution in [1.82, 2.24) is 14.9 Å². The smallest absolute Gasteiger partial charge is 0.261 e. The number of benzene rings is 1. The number of aliphatic carboxylic acids is 1. The first-order valence-corrected chi connectivity index (χ1v) is 8.75. The lowest BCUT2D eigenvalue weighted by Crippen LogP contribution is -2.54. The van der Waals surface area contributed by atoms with Crippen LogP contribution >= 0.6 is 0 Å². The maximum atomic E-state index is 12.8. The van der Waals surface area contributed by atoms with Gasteiger partial charge in [-0.1, -0.05) is 46.2 Å². The fourth-order valence-electron chi connectivity index (χ4n) is 2.94. The predicted molar refractivity (Wildman–Crippen MR) is 96.3 cm³/mol. The summed E-state index contributed by atoms with van der Waals surface area (Å²) in [6, 6.07) is 4.90. The standard InChI is InChI=1S/C19H25N3O4/c1-5-12(4)15(19(25)26)21-17(23)16(11(2)3)22-10-20-14-9-7-6-8-13(14)18(22)24/h6-12,15-16H,5H2,1-4H3,(H,21,23)(H,25,26)/p-1/t12-,15+,16+/m1/s1. The highest BCUT2D eigenvalue weighted by molar-refractivity contribution is 5.86. The summed E-state index contributed by atoms with van der Waals surface area (Å²) in [6.07, 6.45) is 1.91. The molecule has 2 rings (SSSR count). The van der Waals surface area contributed by atoms with Gasteiger partial charge in [0.05, 0.1) is 29.2 Å². The van der Waals surface area contributed by atoms with Crippen LogP contribution in [0.2, 0.25) is 0 Å². The van der Waals surface area contributed by atoms with Crippen molar-refractivity contribution in [3.63, 3.8) is 0 Å². The Kier molecular flexibility index (Phi) is 6.13. The molecular formula is C19H24N3O4-. The maximum Gasteiger partial charge on any atom is 0.261 e. The largest absolute Gasteiger partial charge is 0.548 e. The molecule has 0 aliphatic carbocycles. The molecule has 7 nitrogen and oxygen atoms in total. The minimum Gasteiger partial charge on any atom is -0.548 e. The Bertz CT molecular complexity index is 859. The number of rotatable bonds is 7. The molecule has 0 saturated carbocycles. The molecule has 1 amide bonds. The molecule has 3 atom stereocenters. The Morgan fingerprint density at radius 3 is 2.46 bits per heavy atom. The first kappa shape index (κ1) is 19.6. The number of aromatic nitrogens is 2. The van der Waals surface area contributed by atoms with Gasteiger partial charge in [-0.3, -0.25) is 14.2 Å². The van der Waals surface area contributed by atoms with Gasteiger partial charge in [-0.15, -0.1) is 0 Å². The fraction of sp³-hybridized carbons (Fsp3) is 0.474. The van der Waals surface area contributed by atoms with Crippen molar-refractivity contribution in [2.45, 2.75) is 46.2 Å². The van der Waals surface area contributed by atoms with Crippen LogP contribution in [0.25, 0.3) is 10.9 Å². The molecule has 1 aromatic carbocycles. The Morgan fingerprint density at radius 1 is 1.23 bits per heavy atom. The van der Waals surface area contributed by atoms with Gasteiger partial charge in [-0.05, 0) is 24.0 Å². The van der Waals surface area contributed by atoms with Crippen LogP contribution in [0.1, 0.15) is 40.2 Å². The van der Waals surface area contributed by atoms with Gasteiger partial charge in [0.1, 0.15) is 6.04 Å². The van der Waals surface area contributed by atoms with Gasteiger partial charge in [0.2, 0.25) is 5.91 Å². The fourth-order valence-corrected chi connectivity index (χ4v) is 2.94. The normalized spacial score (nSPS) is 14.8. The molecule has 26 heavy (non-hydrogen) atoms. The second-order valence-electron chi connectivity index (χ2n) is 6.85. The van der Waals surface area contributed by atoms with E-state index in [1.807, 2.05) is 6.92 Å². The molecule has 1 N–H and O–H groups in total. The van der Waals surface area contributed by atoms with Crippen LogP contribution in [-0.2, 0) is 9.59 Å². The Hall–Kier alpha value is -2.70. The third kappa shape index (κ3) is 3.92. The number of nitrogens with one attached hydrogen (secondary N) is 1. The van der Waals surface area contributed by atoms with Crippen molar-refractivity contribution < 1.29 is 14.7 Å². The Balaban J connectivity index is 2.43. The van der Waals surface area contributed by atoms with Gasteiger partial charge in [0.15, 0.2) is 0 Å². The van der Waals surface area contributed by atoms with E-state index in [0.717, 1.165) is 0 Å². The molecular weight excluding hydrogens is 334 g/mol. The summed E-state index contributed by atoms with van der Waals surface area (Å²) in [5.74, 6) is -2.40. The highest BCUT2D eigenvalue weighted by atomic mass is 16.4. The van der Waals surface area contributed by atoms with Crippen LogP contribution in [0.5, 0.6) is 0 Å². The van der Waals surface area contributed by atoms with Gasteiger partial charge in [-0.2, -0.15) is 0 Å². The first-order chi connectivity index (χ1) is 12.3. The van der Waals surface area contributed by atoms with E-state index in [1.54, 1.807) is 45.0 Å². The quantitative estimate of drug-likeness (QED) is 0.791. The van der Waals surface area contributed by atoms with E-state index in [9.17, 15) is 19.5 Å². The summed E-state index contributed by atoms with van der Waals surface area (Å²) in [5.41, 5.74) is 0.210. The third-order valence-electron chi connectivity index (χ3n) is 4.65. The molecule has 0 aliphatic heterocycles. The summed E-state index contributed by atoms with van der Waals surface area (Å²) in [4.78, 5) is 41.3. The van der Waals surface area contributed by atoms with E-state index in [-0.39, 0.29) is 17.4 Å². The van der Waals surface area contributed by atoms with Crippen molar-refractivity contribution in [1.29, 1.82) is 0 Å². The number of carboxylic acid groups (broad SMARTS) is 1. The van der Waals surface area contributed by atoms with E-state index >= 15 is 0 Å². The monoisotopic (exact) mass is 358 g/mol. The maximum absolute atomic E-state index is 12.8. The molecule has 1 heterocycles. The van der Waals surface area contributed by atoms with Gasteiger partial charge in [0, 0.05) is 0 Å². The molecule has 0 aliphatic rings. The van der Waals surface area contributed by atoms with Crippen LogP contribution in [0.15, 0.2) is 35.4 Å². The zero-order valence-electron chi connectivity index (χ0n) is 15.4. The second kappa shape index (κ2) is 8.12. The summed E-state index contributed by atoms with van der Waals surface area (Å²) in [7, 11) is 0. The zero-order valence-corrected chi connectivity index (χ0v) is 15.4. The van der Waals surface area contributed by atoms with E-state index < -0.39 is 24.0 Å². The zero-order chi connectivity index (χ0) is 19.4. The summed E-state index contributed by atoms with van der Waals surface area (Å²) >= 11 is 0. The molecule has 1 aromatic heterocycles. The van der Waals surface area contributed by atoms with Crippen LogP contribution in [-0.4, -0.2) is 27.5 Å². The van der Waals surface area contributed by atoms with E-state index in [4.69, 9.17) is 0 Å². The first-order valence-electron chi connectivity index (χ1n) is 8.75. The van der Waals surface area contributed by atoms with Crippen LogP contribution in [0, 0.1) is 11.8 Å². The van der Waals surface area contributed by atoms with Crippen LogP contribution in [0.4, 0.5) is 0 Å². The number of hydrogen-bond donors (Lipinski definition) is 1. The molecule has 140 valence electrons. The van der Waals surface area contributed by atoms with E-state index in [1.165, 1.54) is 10.9 Å². The van der Waals surface area contributed by atoms with Crippen molar-refractivity contribution in [2.24, 2.45) is 11.8 Å². The van der Waals surface area contributed by atoms with Crippen LogP contribution in [0.3, 0.4) is 0 Å². The number of para-hydroxylation sites is 1. The average molecular weight is 358 g/mol. The number of hydrogen-bond acceptors (Lipinski definition) is 5. The molecule has 2 aromatic rings. The molecule has 0 saturated heterocycles. The second-order valence-corrected chi connectivity index (χ2v) is 6.85. The number of nitrogens with zero attached hydrogens (tertiary/aromatic N) is 2. The molecule has 0 fully saturated rings. The lowest BCUT2D eigenvalue weighted by atomic mass is 9.97. The number of carboxylic acids is 1. The number of fused-ring (bicyclic) bond motifs is 1. The molecule has 7 heteroatoms. The Labute approximate surface area is 152 Å². The number of carbonyl (C=O) groups excluding carboxylic acids is 2. The minimum absolute atomic E-state index is 0.241. The minimum atomic E-state index is -1.33. The predicted octanol–water partition coefficient (Wildman–Crippen LogP) is 0.874. The van der Waals surface area contributed by atoms with Crippen molar-refractivity contribution in [3.05, 3.63) is 40.9 Å². The van der Waals surface area contributed by atoms with E-state index in [2.05, 4.69) is 10.3 Å². The highest BCUT2D eigenvalue weighted by Gasteiger charge is 2.29. The van der Waals surface area contributed by atoms with Crippen molar-refractivity contribution >= 4 is 22.8 Å². The third-order valence-corrected chi connectivity index (χ3v) is 4.65. The summed E-state index contributed by atoms with van der Waals surface area (Å²) in [6.45, 7) is 7.16. The Morgan fingerprint density at radius 2 is 1.88 bits per heavy atom. The summed E-state index contributed by atoms with van der Waals surface area (Å²) < 4.78 is 1.27. The van der Waals surface area contributed by atoms with Crippen molar-refractivity contribution in [3.8, 4) is 0 Å². The topological polar surface area (TPSA) is 104 Å². The number of amides is 1. The molecule has 0 unspecified atom stereocenters. The van der Waals surface area contributed by atoms with E-state index in [0.29, 0.717) is 17.3 Å². The molecule has 0 spiro atoms. The SMILES string of the molecule is CC[C@@H](C)[C@H](NC(=O)[C@H](C(C)C)n1cnc2ccccc2c1=O)C(=O)[O-]. The lowest BCUT2D eigenvalue weighted by Gasteiger charge is -2.29. The number of carbonyl (C=O) groups is 2. The van der Waals surface area contributed by atoms with Crippen LogP contribution < -0.4 is 16.0 Å². The van der Waals surface area contributed by atoms with Gasteiger partial charge in [0.25, 0.3) is 5.56 Å².